The van der Waals surface area contributed by atoms with Crippen molar-refractivity contribution in [1.29, 1.82) is 0 Å². The molecule has 0 saturated carbocycles. The van der Waals surface area contributed by atoms with Gasteiger partial charge in [0.25, 0.3) is 0 Å². The van der Waals surface area contributed by atoms with E-state index in [0.29, 0.717) is 0 Å². The average Bonchev–Trinajstić information content (AvgIpc) is 2.77. The van der Waals surface area contributed by atoms with Crippen LogP contribution in [0.4, 0.5) is 11.8 Å². The van der Waals surface area contributed by atoms with Crippen molar-refractivity contribution in [2.24, 2.45) is 0 Å². The standard InChI is InChI=1S/C23H26N4O2/c1-16-6-4-5-7-18(16)14-25-22-8-10-24-23(26-22)27-11-9-17-12-20(28-2)21(29-3)13-19(17)15-27/h4-8,10,12-13H,9,11,14-15H2,1-3H3,(H,24,25,26). The van der Waals surface area contributed by atoms with Crippen molar-refractivity contribution in [2.45, 2.75) is 26.4 Å². The lowest BCUT2D eigenvalue weighted by Crippen LogP contribution is -2.32. The van der Waals surface area contributed by atoms with Crippen molar-refractivity contribution in [2.75, 3.05) is 31.0 Å². The molecular formula is C23H26N4O2. The number of aromatic nitrogens is 2. The second-order valence-electron chi connectivity index (χ2n) is 7.17. The van der Waals surface area contributed by atoms with Gasteiger partial charge in [0.15, 0.2) is 11.5 Å². The Morgan fingerprint density at radius 3 is 2.55 bits per heavy atom. The molecule has 2 heterocycles. The van der Waals surface area contributed by atoms with E-state index >= 15 is 0 Å². The third kappa shape index (κ3) is 4.11. The lowest BCUT2D eigenvalue weighted by Gasteiger charge is -2.29. The molecule has 0 radical (unpaired) electrons. The van der Waals surface area contributed by atoms with E-state index in [9.17, 15) is 0 Å². The molecule has 2 aromatic carbocycles. The van der Waals surface area contributed by atoms with E-state index in [2.05, 4.69) is 58.5 Å². The number of hydrogen-bond donors (Lipinski definition) is 1. The van der Waals surface area contributed by atoms with Crippen LogP contribution >= 0.6 is 0 Å². The summed E-state index contributed by atoms with van der Waals surface area (Å²) in [4.78, 5) is 11.4. The van der Waals surface area contributed by atoms with Gasteiger partial charge in [-0.2, -0.15) is 4.98 Å². The fraction of sp³-hybridized carbons (Fsp3) is 0.304. The van der Waals surface area contributed by atoms with Crippen LogP contribution in [0.5, 0.6) is 11.5 Å². The Bertz CT molecular complexity index is 1010. The Morgan fingerprint density at radius 1 is 1.03 bits per heavy atom. The van der Waals surface area contributed by atoms with Crippen molar-refractivity contribution >= 4 is 11.8 Å². The first-order valence-electron chi connectivity index (χ1n) is 9.78. The molecular weight excluding hydrogens is 364 g/mol. The van der Waals surface area contributed by atoms with Gasteiger partial charge in [-0.05, 0) is 53.8 Å². The van der Waals surface area contributed by atoms with Crippen molar-refractivity contribution in [3.63, 3.8) is 0 Å². The Morgan fingerprint density at radius 2 is 1.79 bits per heavy atom. The molecule has 1 aliphatic rings. The lowest BCUT2D eigenvalue weighted by atomic mass is 9.99. The van der Waals surface area contributed by atoms with Crippen LogP contribution in [0.2, 0.25) is 0 Å². The average molecular weight is 390 g/mol. The fourth-order valence-corrected chi connectivity index (χ4v) is 3.65. The molecule has 0 spiro atoms. The summed E-state index contributed by atoms with van der Waals surface area (Å²) in [5.74, 6) is 3.09. The number of aryl methyl sites for hydroxylation is 1. The summed E-state index contributed by atoms with van der Waals surface area (Å²) in [6.07, 6.45) is 2.73. The SMILES string of the molecule is COc1cc2c(cc1OC)CN(c1nccc(NCc3ccccc3C)n1)CC2. The highest BCUT2D eigenvalue weighted by atomic mass is 16.5. The van der Waals surface area contributed by atoms with Crippen molar-refractivity contribution in [3.05, 3.63) is 70.9 Å². The Balaban J connectivity index is 1.50. The summed E-state index contributed by atoms with van der Waals surface area (Å²) in [5.41, 5.74) is 5.04. The van der Waals surface area contributed by atoms with Gasteiger partial charge in [0.1, 0.15) is 5.82 Å². The second kappa shape index (κ2) is 8.39. The van der Waals surface area contributed by atoms with Crippen LogP contribution in [-0.2, 0) is 19.5 Å². The van der Waals surface area contributed by atoms with E-state index < -0.39 is 0 Å². The van der Waals surface area contributed by atoms with Gasteiger partial charge in [-0.25, -0.2) is 4.98 Å². The number of anilines is 2. The summed E-state index contributed by atoms with van der Waals surface area (Å²) in [6.45, 7) is 4.47. The molecule has 0 aliphatic carbocycles. The molecule has 1 aromatic heterocycles. The highest BCUT2D eigenvalue weighted by Gasteiger charge is 2.21. The highest BCUT2D eigenvalue weighted by molar-refractivity contribution is 5.51. The Hall–Kier alpha value is -3.28. The zero-order chi connectivity index (χ0) is 20.2. The van der Waals surface area contributed by atoms with Gasteiger partial charge in [-0.1, -0.05) is 24.3 Å². The summed E-state index contributed by atoms with van der Waals surface area (Å²) in [5, 5.41) is 3.42. The van der Waals surface area contributed by atoms with E-state index in [1.54, 1.807) is 14.2 Å². The van der Waals surface area contributed by atoms with Crippen LogP contribution in [0.1, 0.15) is 22.3 Å². The minimum absolute atomic E-state index is 0.736. The summed E-state index contributed by atoms with van der Waals surface area (Å²) >= 11 is 0. The molecule has 1 N–H and O–H groups in total. The number of rotatable bonds is 6. The first-order valence-corrected chi connectivity index (χ1v) is 9.78. The van der Waals surface area contributed by atoms with Gasteiger partial charge >= 0.3 is 0 Å². The lowest BCUT2D eigenvalue weighted by molar-refractivity contribution is 0.353. The minimum atomic E-state index is 0.736. The molecule has 6 heteroatoms. The first-order chi connectivity index (χ1) is 14.2. The molecule has 0 fully saturated rings. The quantitative estimate of drug-likeness (QED) is 0.687. The van der Waals surface area contributed by atoms with Gasteiger partial charge in [-0.3, -0.25) is 0 Å². The van der Waals surface area contributed by atoms with Gasteiger partial charge in [0.2, 0.25) is 5.95 Å². The second-order valence-corrected chi connectivity index (χ2v) is 7.17. The van der Waals surface area contributed by atoms with Crippen molar-refractivity contribution in [3.8, 4) is 11.5 Å². The Kier molecular flexibility index (Phi) is 5.51. The molecule has 0 bridgehead atoms. The van der Waals surface area contributed by atoms with Crippen molar-refractivity contribution in [1.82, 2.24) is 9.97 Å². The van der Waals surface area contributed by atoms with E-state index in [1.807, 2.05) is 12.3 Å². The third-order valence-corrected chi connectivity index (χ3v) is 5.36. The van der Waals surface area contributed by atoms with Gasteiger partial charge in [0, 0.05) is 25.8 Å². The predicted molar refractivity (Wildman–Crippen MR) is 115 cm³/mol. The van der Waals surface area contributed by atoms with Crippen LogP contribution in [0.15, 0.2) is 48.7 Å². The van der Waals surface area contributed by atoms with E-state index in [1.165, 1.54) is 22.3 Å². The molecule has 0 saturated heterocycles. The monoisotopic (exact) mass is 390 g/mol. The maximum atomic E-state index is 5.46. The molecule has 150 valence electrons. The van der Waals surface area contributed by atoms with E-state index in [4.69, 9.17) is 14.5 Å². The van der Waals surface area contributed by atoms with Gasteiger partial charge < -0.3 is 19.7 Å². The molecule has 0 atom stereocenters. The molecule has 0 unspecified atom stereocenters. The largest absolute Gasteiger partial charge is 0.493 e. The minimum Gasteiger partial charge on any atom is -0.493 e. The summed E-state index contributed by atoms with van der Waals surface area (Å²) < 4.78 is 10.9. The predicted octanol–water partition coefficient (Wildman–Crippen LogP) is 3.98. The smallest absolute Gasteiger partial charge is 0.227 e. The summed E-state index contributed by atoms with van der Waals surface area (Å²) in [6, 6.07) is 14.4. The van der Waals surface area contributed by atoms with Gasteiger partial charge in [-0.15, -0.1) is 0 Å². The number of hydrogen-bond acceptors (Lipinski definition) is 6. The van der Waals surface area contributed by atoms with Crippen LogP contribution in [0, 0.1) is 6.92 Å². The molecule has 0 amide bonds. The number of nitrogens with zero attached hydrogens (tertiary/aromatic N) is 3. The maximum absolute atomic E-state index is 5.46. The molecule has 3 aromatic rings. The number of fused-ring (bicyclic) bond motifs is 1. The molecule has 1 aliphatic heterocycles. The van der Waals surface area contributed by atoms with Gasteiger partial charge in [0.05, 0.1) is 14.2 Å². The Labute approximate surface area is 171 Å². The third-order valence-electron chi connectivity index (χ3n) is 5.36. The van der Waals surface area contributed by atoms with Crippen LogP contribution in [0.25, 0.3) is 0 Å². The highest BCUT2D eigenvalue weighted by Crippen LogP contribution is 2.34. The van der Waals surface area contributed by atoms with E-state index in [0.717, 1.165) is 49.3 Å². The topological polar surface area (TPSA) is 59.5 Å². The zero-order valence-corrected chi connectivity index (χ0v) is 17.1. The summed E-state index contributed by atoms with van der Waals surface area (Å²) in [7, 11) is 3.33. The normalized spacial score (nSPS) is 13.0. The van der Waals surface area contributed by atoms with E-state index in [-0.39, 0.29) is 0 Å². The van der Waals surface area contributed by atoms with Crippen LogP contribution in [0.3, 0.4) is 0 Å². The van der Waals surface area contributed by atoms with Crippen LogP contribution < -0.4 is 19.7 Å². The fourth-order valence-electron chi connectivity index (χ4n) is 3.65. The maximum Gasteiger partial charge on any atom is 0.227 e. The molecule has 4 rings (SSSR count). The molecule has 6 nitrogen and oxygen atoms in total. The molecule has 29 heavy (non-hydrogen) atoms. The number of nitrogens with one attached hydrogen (secondary N) is 1. The van der Waals surface area contributed by atoms with Crippen molar-refractivity contribution < 1.29 is 9.47 Å². The first kappa shape index (κ1) is 19.1. The number of ether oxygens (including phenoxy) is 2. The zero-order valence-electron chi connectivity index (χ0n) is 17.1. The van der Waals surface area contributed by atoms with Crippen LogP contribution in [-0.4, -0.2) is 30.7 Å². The number of benzene rings is 2. The number of methoxy groups -OCH3 is 2.